The number of rotatable bonds is 6. The van der Waals surface area contributed by atoms with E-state index in [4.69, 9.17) is 10.5 Å². The van der Waals surface area contributed by atoms with Crippen molar-refractivity contribution >= 4 is 17.7 Å². The number of amides is 1. The maximum atomic E-state index is 11.1. The summed E-state index contributed by atoms with van der Waals surface area (Å²) in [5.74, 6) is 1.21. The minimum absolute atomic E-state index is 0.141. The Morgan fingerprint density at radius 1 is 1.12 bits per heavy atom. The molecule has 0 radical (unpaired) electrons. The highest BCUT2D eigenvalue weighted by Crippen LogP contribution is 2.28. The van der Waals surface area contributed by atoms with Crippen LogP contribution in [-0.4, -0.2) is 33.5 Å². The molecule has 128 valence electrons. The Morgan fingerprint density at radius 3 is 2.40 bits per heavy atom. The van der Waals surface area contributed by atoms with E-state index < -0.39 is 5.91 Å². The van der Waals surface area contributed by atoms with Crippen molar-refractivity contribution < 1.29 is 9.53 Å². The van der Waals surface area contributed by atoms with Crippen molar-refractivity contribution in [3.8, 4) is 22.8 Å². The van der Waals surface area contributed by atoms with Gasteiger partial charge in [0.1, 0.15) is 5.75 Å². The smallest absolute Gasteiger partial charge is 0.227 e. The van der Waals surface area contributed by atoms with E-state index in [1.54, 1.807) is 7.11 Å². The van der Waals surface area contributed by atoms with Crippen molar-refractivity contribution in [2.45, 2.75) is 12.1 Å². The maximum Gasteiger partial charge on any atom is 0.227 e. The number of carbonyl (C=O) groups is 1. The first kappa shape index (κ1) is 17.0. The Labute approximate surface area is 150 Å². The van der Waals surface area contributed by atoms with E-state index in [0.717, 1.165) is 17.0 Å². The van der Waals surface area contributed by atoms with Crippen LogP contribution < -0.4 is 10.5 Å². The number of aryl methyl sites for hydroxylation is 1. The van der Waals surface area contributed by atoms with Crippen molar-refractivity contribution in [3.05, 3.63) is 54.1 Å². The standard InChI is InChI=1S/C18H18N4O2S/c1-12-3-5-13(6-4-12)17-20-21-18(25-11-16(19)23)22(17)14-7-9-15(24-2)10-8-14/h3-10H,11H2,1-2H3,(H2,19,23). The number of methoxy groups -OCH3 is 1. The lowest BCUT2D eigenvalue weighted by molar-refractivity contribution is -0.115. The zero-order valence-electron chi connectivity index (χ0n) is 14.0. The van der Waals surface area contributed by atoms with Gasteiger partial charge in [0.2, 0.25) is 5.91 Å². The molecule has 0 saturated carbocycles. The molecule has 2 N–H and O–H groups in total. The van der Waals surface area contributed by atoms with Crippen molar-refractivity contribution in [1.82, 2.24) is 14.8 Å². The lowest BCUT2D eigenvalue weighted by Gasteiger charge is -2.11. The van der Waals surface area contributed by atoms with Gasteiger partial charge in [0.15, 0.2) is 11.0 Å². The molecule has 0 atom stereocenters. The highest BCUT2D eigenvalue weighted by Gasteiger charge is 2.16. The summed E-state index contributed by atoms with van der Waals surface area (Å²) < 4.78 is 7.13. The SMILES string of the molecule is COc1ccc(-n2c(SCC(N)=O)nnc2-c2ccc(C)cc2)cc1. The van der Waals surface area contributed by atoms with Crippen LogP contribution in [0.25, 0.3) is 17.1 Å². The number of hydrogen-bond acceptors (Lipinski definition) is 5. The van der Waals surface area contributed by atoms with Gasteiger partial charge in [0, 0.05) is 11.3 Å². The summed E-state index contributed by atoms with van der Waals surface area (Å²) in [6, 6.07) is 15.6. The molecule has 0 bridgehead atoms. The maximum absolute atomic E-state index is 11.1. The molecule has 25 heavy (non-hydrogen) atoms. The van der Waals surface area contributed by atoms with Gasteiger partial charge in [0.05, 0.1) is 12.9 Å². The van der Waals surface area contributed by atoms with E-state index in [2.05, 4.69) is 10.2 Å². The van der Waals surface area contributed by atoms with E-state index >= 15 is 0 Å². The third-order valence-electron chi connectivity index (χ3n) is 3.62. The number of thioether (sulfide) groups is 1. The van der Waals surface area contributed by atoms with Gasteiger partial charge in [-0.25, -0.2) is 0 Å². The summed E-state index contributed by atoms with van der Waals surface area (Å²) in [7, 11) is 1.62. The largest absolute Gasteiger partial charge is 0.497 e. The van der Waals surface area contributed by atoms with Gasteiger partial charge in [-0.05, 0) is 31.2 Å². The zero-order valence-corrected chi connectivity index (χ0v) is 14.8. The number of nitrogens with two attached hydrogens (primary N) is 1. The summed E-state index contributed by atoms with van der Waals surface area (Å²) >= 11 is 1.26. The Kier molecular flexibility index (Phi) is 5.04. The van der Waals surface area contributed by atoms with Gasteiger partial charge >= 0.3 is 0 Å². The van der Waals surface area contributed by atoms with Gasteiger partial charge in [-0.2, -0.15) is 0 Å². The van der Waals surface area contributed by atoms with Crippen LogP contribution in [0.15, 0.2) is 53.7 Å². The van der Waals surface area contributed by atoms with Crippen molar-refractivity contribution in [2.75, 3.05) is 12.9 Å². The summed E-state index contributed by atoms with van der Waals surface area (Å²) in [4.78, 5) is 11.1. The normalized spacial score (nSPS) is 10.6. The number of benzene rings is 2. The first-order valence-corrected chi connectivity index (χ1v) is 8.65. The van der Waals surface area contributed by atoms with E-state index in [-0.39, 0.29) is 5.75 Å². The minimum atomic E-state index is -0.397. The van der Waals surface area contributed by atoms with Crippen LogP contribution in [0.5, 0.6) is 5.75 Å². The molecule has 0 saturated heterocycles. The first-order chi connectivity index (χ1) is 12.1. The van der Waals surface area contributed by atoms with Crippen molar-refractivity contribution in [1.29, 1.82) is 0 Å². The van der Waals surface area contributed by atoms with Gasteiger partial charge in [-0.15, -0.1) is 10.2 Å². The molecule has 3 rings (SSSR count). The molecule has 0 spiro atoms. The van der Waals surface area contributed by atoms with E-state index in [1.165, 1.54) is 17.3 Å². The van der Waals surface area contributed by atoms with Crippen LogP contribution in [0.4, 0.5) is 0 Å². The van der Waals surface area contributed by atoms with Crippen LogP contribution >= 0.6 is 11.8 Å². The lowest BCUT2D eigenvalue weighted by Crippen LogP contribution is -2.13. The molecule has 7 heteroatoms. The molecule has 1 amide bonds. The number of hydrogen-bond donors (Lipinski definition) is 1. The van der Waals surface area contributed by atoms with Gasteiger partial charge < -0.3 is 10.5 Å². The number of aromatic nitrogens is 3. The third-order valence-corrected chi connectivity index (χ3v) is 4.57. The van der Waals surface area contributed by atoms with Crippen LogP contribution in [0.1, 0.15) is 5.56 Å². The molecular formula is C18H18N4O2S. The number of ether oxygens (including phenoxy) is 1. The van der Waals surface area contributed by atoms with Gasteiger partial charge in [0.25, 0.3) is 0 Å². The Bertz CT molecular complexity index is 873. The Morgan fingerprint density at radius 2 is 1.80 bits per heavy atom. The lowest BCUT2D eigenvalue weighted by atomic mass is 10.1. The fourth-order valence-corrected chi connectivity index (χ4v) is 3.04. The second kappa shape index (κ2) is 7.40. The fourth-order valence-electron chi connectivity index (χ4n) is 2.35. The molecule has 6 nitrogen and oxygen atoms in total. The molecule has 3 aromatic rings. The monoisotopic (exact) mass is 354 g/mol. The average Bonchev–Trinajstić information content (AvgIpc) is 3.04. The Balaban J connectivity index is 2.08. The predicted octanol–water partition coefficient (Wildman–Crippen LogP) is 2.83. The Hall–Kier alpha value is -2.80. The van der Waals surface area contributed by atoms with Crippen molar-refractivity contribution in [2.24, 2.45) is 5.73 Å². The zero-order chi connectivity index (χ0) is 17.8. The molecule has 0 aliphatic heterocycles. The minimum Gasteiger partial charge on any atom is -0.497 e. The molecular weight excluding hydrogens is 336 g/mol. The van der Waals surface area contributed by atoms with Crippen LogP contribution in [0.2, 0.25) is 0 Å². The topological polar surface area (TPSA) is 83.0 Å². The number of nitrogens with zero attached hydrogens (tertiary/aromatic N) is 3. The second-order valence-corrected chi connectivity index (χ2v) is 6.40. The van der Waals surface area contributed by atoms with Crippen LogP contribution in [0.3, 0.4) is 0 Å². The van der Waals surface area contributed by atoms with Crippen molar-refractivity contribution in [3.63, 3.8) is 0 Å². The molecule has 0 unspecified atom stereocenters. The molecule has 1 aromatic heterocycles. The average molecular weight is 354 g/mol. The summed E-state index contributed by atoms with van der Waals surface area (Å²) in [5.41, 5.74) is 8.26. The summed E-state index contributed by atoms with van der Waals surface area (Å²) in [6.07, 6.45) is 0. The third kappa shape index (κ3) is 3.83. The highest BCUT2D eigenvalue weighted by atomic mass is 32.2. The number of carbonyl (C=O) groups excluding carboxylic acids is 1. The summed E-state index contributed by atoms with van der Waals surface area (Å²) in [6.45, 7) is 2.03. The molecule has 0 aliphatic rings. The van der Waals surface area contributed by atoms with E-state index in [0.29, 0.717) is 11.0 Å². The molecule has 2 aromatic carbocycles. The van der Waals surface area contributed by atoms with Crippen LogP contribution in [-0.2, 0) is 4.79 Å². The molecule has 0 fully saturated rings. The fraction of sp³-hybridized carbons (Fsp3) is 0.167. The molecule has 1 heterocycles. The second-order valence-electron chi connectivity index (χ2n) is 5.46. The quantitative estimate of drug-likeness (QED) is 0.688. The van der Waals surface area contributed by atoms with E-state index in [9.17, 15) is 4.79 Å². The summed E-state index contributed by atoms with van der Waals surface area (Å²) in [5, 5.41) is 9.18. The molecule has 0 aliphatic carbocycles. The first-order valence-electron chi connectivity index (χ1n) is 7.66. The predicted molar refractivity (Wildman–Crippen MR) is 98.0 cm³/mol. The van der Waals surface area contributed by atoms with Gasteiger partial charge in [-0.1, -0.05) is 41.6 Å². The van der Waals surface area contributed by atoms with E-state index in [1.807, 2.05) is 60.0 Å². The highest BCUT2D eigenvalue weighted by molar-refractivity contribution is 7.99. The number of primary amides is 1. The van der Waals surface area contributed by atoms with Crippen LogP contribution in [0, 0.1) is 6.92 Å². The van der Waals surface area contributed by atoms with Gasteiger partial charge in [-0.3, -0.25) is 9.36 Å².